The fraction of sp³-hybridized carbons (Fsp3) is 0.500. The van der Waals surface area contributed by atoms with Crippen molar-refractivity contribution in [1.29, 1.82) is 5.26 Å². The highest BCUT2D eigenvalue weighted by Crippen LogP contribution is 2.29. The van der Waals surface area contributed by atoms with Crippen LogP contribution >= 0.6 is 23.2 Å². The Morgan fingerprint density at radius 2 is 2.00 bits per heavy atom. The van der Waals surface area contributed by atoms with Crippen molar-refractivity contribution in [1.82, 2.24) is 0 Å². The summed E-state index contributed by atoms with van der Waals surface area (Å²) in [5.41, 5.74) is 0.636. The molecular weight excluding hydrogens is 267 g/mol. The van der Waals surface area contributed by atoms with Gasteiger partial charge in [0.1, 0.15) is 0 Å². The molecule has 0 fully saturated rings. The Hall–Kier alpha value is -0.910. The average Bonchev–Trinajstić information content (AvgIpc) is 2.34. The number of anilines is 1. The smallest absolute Gasteiger partial charge is 0.0823 e. The molecule has 0 aliphatic carbocycles. The van der Waals surface area contributed by atoms with Crippen LogP contribution in [0.2, 0.25) is 10.0 Å². The molecule has 18 heavy (non-hydrogen) atoms. The van der Waals surface area contributed by atoms with Crippen molar-refractivity contribution in [2.45, 2.75) is 33.1 Å². The minimum Gasteiger partial charge on any atom is -0.384 e. The first-order chi connectivity index (χ1) is 8.46. The lowest BCUT2D eigenvalue weighted by molar-refractivity contribution is 0.430. The van der Waals surface area contributed by atoms with E-state index < -0.39 is 0 Å². The Morgan fingerprint density at radius 3 is 2.67 bits per heavy atom. The van der Waals surface area contributed by atoms with Crippen LogP contribution in [0.4, 0.5) is 5.69 Å². The van der Waals surface area contributed by atoms with E-state index in [4.69, 9.17) is 28.5 Å². The predicted molar refractivity (Wildman–Crippen MR) is 78.2 cm³/mol. The van der Waals surface area contributed by atoms with Gasteiger partial charge in [0.05, 0.1) is 27.2 Å². The van der Waals surface area contributed by atoms with Crippen LogP contribution in [0.5, 0.6) is 0 Å². The summed E-state index contributed by atoms with van der Waals surface area (Å²) in [5, 5.41) is 13.3. The molecule has 1 aromatic carbocycles. The molecule has 0 aliphatic heterocycles. The molecule has 0 amide bonds. The number of halogens is 2. The molecular formula is C14H18Cl2N2. The monoisotopic (exact) mass is 284 g/mol. The van der Waals surface area contributed by atoms with E-state index in [0.717, 1.165) is 31.5 Å². The molecule has 0 atom stereocenters. The summed E-state index contributed by atoms with van der Waals surface area (Å²) < 4.78 is 0. The van der Waals surface area contributed by atoms with Crippen LogP contribution in [0.25, 0.3) is 0 Å². The van der Waals surface area contributed by atoms with Crippen LogP contribution in [0.15, 0.2) is 18.2 Å². The Morgan fingerprint density at radius 1 is 1.28 bits per heavy atom. The minimum atomic E-state index is -0.228. The van der Waals surface area contributed by atoms with Gasteiger partial charge in [-0.25, -0.2) is 0 Å². The maximum absolute atomic E-state index is 8.90. The summed E-state index contributed by atoms with van der Waals surface area (Å²) in [6, 6.07) is 7.86. The molecule has 0 radical (unpaired) electrons. The third-order valence-electron chi connectivity index (χ3n) is 2.80. The van der Waals surface area contributed by atoms with Crippen LogP contribution < -0.4 is 5.32 Å². The van der Waals surface area contributed by atoms with Crippen LogP contribution in [-0.2, 0) is 0 Å². The third-order valence-corrected chi connectivity index (χ3v) is 3.62. The highest BCUT2D eigenvalue weighted by molar-refractivity contribution is 6.43. The highest BCUT2D eigenvalue weighted by Gasteiger charge is 2.15. The van der Waals surface area contributed by atoms with Gasteiger partial charge in [-0.1, -0.05) is 35.7 Å². The molecule has 0 heterocycles. The number of benzene rings is 1. The molecule has 0 unspecified atom stereocenters. The second kappa shape index (κ2) is 6.87. The normalized spacial score (nSPS) is 11.1. The van der Waals surface area contributed by atoms with E-state index in [9.17, 15) is 0 Å². The van der Waals surface area contributed by atoms with E-state index in [1.165, 1.54) is 0 Å². The molecule has 2 nitrogen and oxygen atoms in total. The average molecular weight is 285 g/mol. The molecule has 0 aliphatic rings. The van der Waals surface area contributed by atoms with Gasteiger partial charge < -0.3 is 5.32 Å². The number of unbranched alkanes of at least 4 members (excludes halogenated alkanes) is 1. The highest BCUT2D eigenvalue weighted by atomic mass is 35.5. The van der Waals surface area contributed by atoms with Crippen LogP contribution in [0.3, 0.4) is 0 Å². The largest absolute Gasteiger partial charge is 0.384 e. The summed E-state index contributed by atoms with van der Waals surface area (Å²) in [6.45, 7) is 4.77. The van der Waals surface area contributed by atoms with Crippen molar-refractivity contribution in [2.75, 3.05) is 11.9 Å². The van der Waals surface area contributed by atoms with Crippen molar-refractivity contribution in [3.05, 3.63) is 28.2 Å². The number of nitrogens with one attached hydrogen (secondary N) is 1. The van der Waals surface area contributed by atoms with Crippen molar-refractivity contribution < 1.29 is 0 Å². The lowest BCUT2D eigenvalue weighted by atomic mass is 9.89. The molecule has 4 heteroatoms. The first-order valence-electron chi connectivity index (χ1n) is 6.05. The van der Waals surface area contributed by atoms with Gasteiger partial charge in [-0.3, -0.25) is 0 Å². The van der Waals surface area contributed by atoms with Gasteiger partial charge in [0.2, 0.25) is 0 Å². The summed E-state index contributed by atoms with van der Waals surface area (Å²) in [6.07, 6.45) is 2.94. The number of nitrogens with zero attached hydrogens (tertiary/aromatic N) is 1. The summed E-state index contributed by atoms with van der Waals surface area (Å²) in [7, 11) is 0. The molecule has 0 saturated heterocycles. The number of hydrogen-bond donors (Lipinski definition) is 1. The SMILES string of the molecule is CC(C)(C#N)CCCCNc1cccc(Cl)c1Cl. The zero-order chi connectivity index (χ0) is 13.6. The predicted octanol–water partition coefficient (Wildman–Crippen LogP) is 5.13. The number of hydrogen-bond acceptors (Lipinski definition) is 2. The fourth-order valence-electron chi connectivity index (χ4n) is 1.61. The Bertz CT molecular complexity index is 436. The van der Waals surface area contributed by atoms with E-state index >= 15 is 0 Å². The zero-order valence-electron chi connectivity index (χ0n) is 10.8. The quantitative estimate of drug-likeness (QED) is 0.736. The van der Waals surface area contributed by atoms with Gasteiger partial charge in [-0.2, -0.15) is 5.26 Å². The van der Waals surface area contributed by atoms with Crippen LogP contribution in [0.1, 0.15) is 33.1 Å². The molecule has 0 aromatic heterocycles. The van der Waals surface area contributed by atoms with Crippen molar-refractivity contribution in [2.24, 2.45) is 5.41 Å². The van der Waals surface area contributed by atoms with Crippen molar-refractivity contribution in [3.63, 3.8) is 0 Å². The van der Waals surface area contributed by atoms with Gasteiger partial charge in [0.25, 0.3) is 0 Å². The van der Waals surface area contributed by atoms with E-state index in [0.29, 0.717) is 10.0 Å². The summed E-state index contributed by atoms with van der Waals surface area (Å²) in [5.74, 6) is 0. The van der Waals surface area contributed by atoms with Gasteiger partial charge in [-0.15, -0.1) is 0 Å². The Kier molecular flexibility index (Phi) is 5.78. The Labute approximate surface area is 119 Å². The summed E-state index contributed by atoms with van der Waals surface area (Å²) in [4.78, 5) is 0. The fourth-order valence-corrected chi connectivity index (χ4v) is 1.98. The molecule has 98 valence electrons. The van der Waals surface area contributed by atoms with Crippen molar-refractivity contribution in [3.8, 4) is 6.07 Å². The first-order valence-corrected chi connectivity index (χ1v) is 6.81. The molecule has 0 spiro atoms. The van der Waals surface area contributed by atoms with E-state index in [1.54, 1.807) is 6.07 Å². The molecule has 1 rings (SSSR count). The van der Waals surface area contributed by atoms with Crippen LogP contribution in [-0.4, -0.2) is 6.54 Å². The molecule has 1 aromatic rings. The second-order valence-electron chi connectivity index (χ2n) is 4.98. The molecule has 0 saturated carbocycles. The van der Waals surface area contributed by atoms with E-state index in [-0.39, 0.29) is 5.41 Å². The minimum absolute atomic E-state index is 0.228. The maximum Gasteiger partial charge on any atom is 0.0823 e. The topological polar surface area (TPSA) is 35.8 Å². The third kappa shape index (κ3) is 4.76. The van der Waals surface area contributed by atoms with Gasteiger partial charge in [0, 0.05) is 6.54 Å². The maximum atomic E-state index is 8.90. The lowest BCUT2D eigenvalue weighted by Gasteiger charge is -2.15. The molecule has 1 N–H and O–H groups in total. The number of nitriles is 1. The van der Waals surface area contributed by atoms with Crippen molar-refractivity contribution >= 4 is 28.9 Å². The van der Waals surface area contributed by atoms with Gasteiger partial charge in [-0.05, 0) is 38.8 Å². The summed E-state index contributed by atoms with van der Waals surface area (Å²) >= 11 is 12.0. The van der Waals surface area contributed by atoms with Gasteiger partial charge in [0.15, 0.2) is 0 Å². The second-order valence-corrected chi connectivity index (χ2v) is 5.77. The standard InChI is InChI=1S/C14H18Cl2N2/c1-14(2,10-17)8-3-4-9-18-12-7-5-6-11(15)13(12)16/h5-7,18H,3-4,8-9H2,1-2H3. The van der Waals surface area contributed by atoms with E-state index in [1.807, 2.05) is 26.0 Å². The molecule has 0 bridgehead atoms. The zero-order valence-corrected chi connectivity index (χ0v) is 12.3. The van der Waals surface area contributed by atoms with E-state index in [2.05, 4.69) is 11.4 Å². The van der Waals surface area contributed by atoms with Gasteiger partial charge >= 0.3 is 0 Å². The Balaban J connectivity index is 2.31. The van der Waals surface area contributed by atoms with Crippen LogP contribution in [0, 0.1) is 16.7 Å². The first kappa shape index (κ1) is 15.1. The number of rotatable bonds is 6. The lowest BCUT2D eigenvalue weighted by Crippen LogP contribution is -2.09.